The quantitative estimate of drug-likeness (QED) is 0.627. The van der Waals surface area contributed by atoms with Crippen molar-refractivity contribution in [1.82, 2.24) is 5.32 Å². The molecular formula is C20H16Cl2N2O3. The Morgan fingerprint density at radius 2 is 1.81 bits per heavy atom. The molecule has 0 aliphatic heterocycles. The lowest BCUT2D eigenvalue weighted by molar-refractivity contribution is -0.115. The van der Waals surface area contributed by atoms with Crippen molar-refractivity contribution in [3.05, 3.63) is 87.8 Å². The number of anilines is 1. The van der Waals surface area contributed by atoms with Gasteiger partial charge in [-0.1, -0.05) is 41.4 Å². The Hall–Kier alpha value is -2.76. The molecule has 0 aliphatic carbocycles. The maximum atomic E-state index is 12.5. The normalized spacial score (nSPS) is 10.4. The molecule has 0 saturated heterocycles. The van der Waals surface area contributed by atoms with Gasteiger partial charge in [-0.2, -0.15) is 0 Å². The number of carbonyl (C=O) groups excluding carboxylic acids is 2. The van der Waals surface area contributed by atoms with Crippen LogP contribution in [0.25, 0.3) is 0 Å². The Morgan fingerprint density at radius 1 is 1.00 bits per heavy atom. The molecule has 3 aromatic rings. The van der Waals surface area contributed by atoms with E-state index in [2.05, 4.69) is 10.6 Å². The predicted octanol–water partition coefficient (Wildman–Crippen LogP) is 4.70. The molecule has 2 N–H and O–H groups in total. The summed E-state index contributed by atoms with van der Waals surface area (Å²) >= 11 is 12.0. The van der Waals surface area contributed by atoms with Crippen molar-refractivity contribution in [3.63, 3.8) is 0 Å². The van der Waals surface area contributed by atoms with E-state index < -0.39 is 0 Å². The van der Waals surface area contributed by atoms with E-state index in [0.29, 0.717) is 32.6 Å². The fourth-order valence-electron chi connectivity index (χ4n) is 2.50. The molecule has 27 heavy (non-hydrogen) atoms. The van der Waals surface area contributed by atoms with Gasteiger partial charge < -0.3 is 15.1 Å². The van der Waals surface area contributed by atoms with E-state index in [9.17, 15) is 9.59 Å². The molecule has 0 radical (unpaired) electrons. The van der Waals surface area contributed by atoms with Crippen LogP contribution >= 0.6 is 23.2 Å². The highest BCUT2D eigenvalue weighted by Crippen LogP contribution is 2.22. The Kier molecular flexibility index (Phi) is 6.16. The molecule has 1 heterocycles. The minimum absolute atomic E-state index is 0.0678. The first-order chi connectivity index (χ1) is 13.0. The highest BCUT2D eigenvalue weighted by molar-refractivity contribution is 6.35. The molecule has 0 fully saturated rings. The van der Waals surface area contributed by atoms with Crippen LogP contribution in [0.4, 0.5) is 5.69 Å². The lowest BCUT2D eigenvalue weighted by Gasteiger charge is -2.11. The van der Waals surface area contributed by atoms with Crippen molar-refractivity contribution < 1.29 is 14.0 Å². The fourth-order valence-corrected chi connectivity index (χ4v) is 2.97. The van der Waals surface area contributed by atoms with Crippen molar-refractivity contribution in [2.24, 2.45) is 0 Å². The summed E-state index contributed by atoms with van der Waals surface area (Å²) in [6, 6.07) is 15.3. The SMILES string of the molecule is O=C(Cc1ccc(Cl)cc1Cl)Nc1ccccc1C(=O)NCc1ccco1. The van der Waals surface area contributed by atoms with E-state index in [1.807, 2.05) is 0 Å². The van der Waals surface area contributed by atoms with Gasteiger partial charge in [0.25, 0.3) is 5.91 Å². The van der Waals surface area contributed by atoms with Gasteiger partial charge in [0.1, 0.15) is 5.76 Å². The number of nitrogens with one attached hydrogen (secondary N) is 2. The monoisotopic (exact) mass is 402 g/mol. The number of rotatable bonds is 6. The second kappa shape index (κ2) is 8.75. The van der Waals surface area contributed by atoms with Gasteiger partial charge >= 0.3 is 0 Å². The zero-order valence-electron chi connectivity index (χ0n) is 14.2. The second-order valence-corrected chi connectivity index (χ2v) is 6.61. The Bertz CT molecular complexity index is 956. The molecule has 2 amide bonds. The molecule has 1 aromatic heterocycles. The largest absolute Gasteiger partial charge is 0.467 e. The molecule has 2 aromatic carbocycles. The smallest absolute Gasteiger partial charge is 0.253 e. The van der Waals surface area contributed by atoms with Crippen molar-refractivity contribution >= 4 is 40.7 Å². The summed E-state index contributed by atoms with van der Waals surface area (Å²) in [4.78, 5) is 24.8. The topological polar surface area (TPSA) is 71.3 Å². The van der Waals surface area contributed by atoms with E-state index in [1.54, 1.807) is 54.6 Å². The van der Waals surface area contributed by atoms with E-state index in [1.165, 1.54) is 6.26 Å². The van der Waals surface area contributed by atoms with Crippen LogP contribution < -0.4 is 10.6 Å². The Morgan fingerprint density at radius 3 is 2.56 bits per heavy atom. The second-order valence-electron chi connectivity index (χ2n) is 5.77. The molecule has 0 bridgehead atoms. The summed E-state index contributed by atoms with van der Waals surface area (Å²) in [6.07, 6.45) is 1.61. The van der Waals surface area contributed by atoms with Gasteiger partial charge in [0.2, 0.25) is 5.91 Å². The first-order valence-corrected chi connectivity index (χ1v) is 8.92. The molecular weight excluding hydrogens is 387 g/mol. The summed E-state index contributed by atoms with van der Waals surface area (Å²) in [5.41, 5.74) is 1.43. The van der Waals surface area contributed by atoms with E-state index >= 15 is 0 Å². The number of hydrogen-bond acceptors (Lipinski definition) is 3. The van der Waals surface area contributed by atoms with E-state index in [4.69, 9.17) is 27.6 Å². The highest BCUT2D eigenvalue weighted by atomic mass is 35.5. The fraction of sp³-hybridized carbons (Fsp3) is 0.100. The Labute approximate surface area is 166 Å². The number of hydrogen-bond donors (Lipinski definition) is 2. The van der Waals surface area contributed by atoms with Crippen LogP contribution in [0, 0.1) is 0 Å². The molecule has 0 atom stereocenters. The molecule has 3 rings (SSSR count). The van der Waals surface area contributed by atoms with Crippen LogP contribution in [0.15, 0.2) is 65.3 Å². The third-order valence-corrected chi connectivity index (χ3v) is 4.40. The molecule has 0 saturated carbocycles. The molecule has 0 spiro atoms. The van der Waals surface area contributed by atoms with Crippen LogP contribution in [-0.4, -0.2) is 11.8 Å². The van der Waals surface area contributed by atoms with Gasteiger partial charge in [0.15, 0.2) is 0 Å². The molecule has 0 unspecified atom stereocenters. The lowest BCUT2D eigenvalue weighted by atomic mass is 10.1. The summed E-state index contributed by atoms with van der Waals surface area (Å²) in [6.45, 7) is 0.258. The van der Waals surface area contributed by atoms with Gasteiger partial charge in [0.05, 0.1) is 30.5 Å². The average Bonchev–Trinajstić information content (AvgIpc) is 3.16. The van der Waals surface area contributed by atoms with Crippen molar-refractivity contribution in [2.45, 2.75) is 13.0 Å². The number of furan rings is 1. The minimum Gasteiger partial charge on any atom is -0.467 e. The van der Waals surface area contributed by atoms with Gasteiger partial charge in [-0.25, -0.2) is 0 Å². The Balaban J connectivity index is 1.67. The van der Waals surface area contributed by atoms with Gasteiger partial charge in [0, 0.05) is 10.0 Å². The maximum absolute atomic E-state index is 12.5. The summed E-state index contributed by atoms with van der Waals surface area (Å²) in [5.74, 6) is 0.0413. The van der Waals surface area contributed by atoms with Crippen LogP contribution in [0.5, 0.6) is 0 Å². The number of halogens is 2. The molecule has 7 heteroatoms. The number of carbonyl (C=O) groups is 2. The first kappa shape index (κ1) is 19.0. The van der Waals surface area contributed by atoms with Crippen molar-refractivity contribution in [2.75, 3.05) is 5.32 Å². The van der Waals surface area contributed by atoms with Crippen LogP contribution in [0.3, 0.4) is 0 Å². The highest BCUT2D eigenvalue weighted by Gasteiger charge is 2.14. The molecule has 0 aliphatic rings. The van der Waals surface area contributed by atoms with Crippen LogP contribution in [0.2, 0.25) is 10.0 Å². The third-order valence-electron chi connectivity index (χ3n) is 3.82. The number of benzene rings is 2. The van der Waals surface area contributed by atoms with Gasteiger partial charge in [-0.3, -0.25) is 9.59 Å². The standard InChI is InChI=1S/C20H16Cl2N2O3/c21-14-8-7-13(17(22)11-14)10-19(25)24-18-6-2-1-5-16(18)20(26)23-12-15-4-3-9-27-15/h1-9,11H,10,12H2,(H,23,26)(H,24,25). The maximum Gasteiger partial charge on any atom is 0.253 e. The zero-order chi connectivity index (χ0) is 19.2. The number of para-hydroxylation sites is 1. The van der Waals surface area contributed by atoms with Crippen LogP contribution in [-0.2, 0) is 17.8 Å². The van der Waals surface area contributed by atoms with E-state index in [-0.39, 0.29) is 24.8 Å². The van der Waals surface area contributed by atoms with Crippen molar-refractivity contribution in [3.8, 4) is 0 Å². The van der Waals surface area contributed by atoms with Gasteiger partial charge in [-0.05, 0) is 42.0 Å². The molecule has 138 valence electrons. The summed E-state index contributed by atoms with van der Waals surface area (Å²) in [5, 5.41) is 6.44. The first-order valence-electron chi connectivity index (χ1n) is 8.16. The van der Waals surface area contributed by atoms with Gasteiger partial charge in [-0.15, -0.1) is 0 Å². The predicted molar refractivity (Wildman–Crippen MR) is 105 cm³/mol. The molecule has 5 nitrogen and oxygen atoms in total. The zero-order valence-corrected chi connectivity index (χ0v) is 15.7. The minimum atomic E-state index is -0.313. The third kappa shape index (κ3) is 5.12. The summed E-state index contributed by atoms with van der Waals surface area (Å²) in [7, 11) is 0. The number of amides is 2. The average molecular weight is 403 g/mol. The van der Waals surface area contributed by atoms with Crippen LogP contribution in [0.1, 0.15) is 21.7 Å². The lowest BCUT2D eigenvalue weighted by Crippen LogP contribution is -2.25. The summed E-state index contributed by atoms with van der Waals surface area (Å²) < 4.78 is 5.19. The van der Waals surface area contributed by atoms with E-state index in [0.717, 1.165) is 0 Å². The van der Waals surface area contributed by atoms with Crippen molar-refractivity contribution in [1.29, 1.82) is 0 Å².